The van der Waals surface area contributed by atoms with Gasteiger partial charge in [0.05, 0.1) is 17.4 Å². The Morgan fingerprint density at radius 1 is 1.12 bits per heavy atom. The van der Waals surface area contributed by atoms with Gasteiger partial charge in [-0.25, -0.2) is 13.1 Å². The Bertz CT molecular complexity index is 854. The fraction of sp³-hybridized carbons (Fsp3) is 0.176. The molecule has 1 aromatic carbocycles. The van der Waals surface area contributed by atoms with E-state index < -0.39 is 16.1 Å². The highest BCUT2D eigenvalue weighted by atomic mass is 32.2. The predicted molar refractivity (Wildman–Crippen MR) is 89.5 cm³/mol. The zero-order chi connectivity index (χ0) is 17.0. The molecule has 2 aromatic heterocycles. The van der Waals surface area contributed by atoms with Gasteiger partial charge >= 0.3 is 0 Å². The molecule has 0 saturated heterocycles. The number of aromatic nitrogens is 2. The van der Waals surface area contributed by atoms with E-state index in [1.165, 1.54) is 0 Å². The summed E-state index contributed by atoms with van der Waals surface area (Å²) in [6, 6.07) is 15.8. The zero-order valence-electron chi connectivity index (χ0n) is 13.1. The first-order valence-corrected chi connectivity index (χ1v) is 9.07. The first kappa shape index (κ1) is 16.4. The fourth-order valence-electron chi connectivity index (χ4n) is 2.38. The molecule has 124 valence electrons. The van der Waals surface area contributed by atoms with Gasteiger partial charge < -0.3 is 4.52 Å². The Morgan fingerprint density at radius 3 is 2.50 bits per heavy atom. The Hall–Kier alpha value is -2.51. The molecule has 3 aromatic rings. The van der Waals surface area contributed by atoms with Gasteiger partial charge in [-0.1, -0.05) is 41.6 Å². The maximum absolute atomic E-state index is 12.5. The second-order valence-corrected chi connectivity index (χ2v) is 7.16. The van der Waals surface area contributed by atoms with Crippen LogP contribution in [0.1, 0.15) is 28.8 Å². The summed E-state index contributed by atoms with van der Waals surface area (Å²) in [5.41, 5.74) is 2.08. The van der Waals surface area contributed by atoms with Gasteiger partial charge in [-0.15, -0.1) is 0 Å². The molecule has 7 heteroatoms. The van der Waals surface area contributed by atoms with Crippen LogP contribution in [-0.2, 0) is 15.8 Å². The quantitative estimate of drug-likeness (QED) is 0.743. The van der Waals surface area contributed by atoms with Crippen molar-refractivity contribution in [2.75, 3.05) is 0 Å². The van der Waals surface area contributed by atoms with Gasteiger partial charge in [0.2, 0.25) is 10.0 Å². The monoisotopic (exact) mass is 343 g/mol. The van der Waals surface area contributed by atoms with Crippen LogP contribution in [0.15, 0.2) is 65.3 Å². The van der Waals surface area contributed by atoms with Crippen molar-refractivity contribution in [3.05, 3.63) is 83.5 Å². The average molecular weight is 343 g/mol. The van der Waals surface area contributed by atoms with Crippen LogP contribution >= 0.6 is 0 Å². The first-order chi connectivity index (χ1) is 11.5. The normalized spacial score (nSPS) is 12.9. The van der Waals surface area contributed by atoms with Gasteiger partial charge in [-0.2, -0.15) is 0 Å². The lowest BCUT2D eigenvalue weighted by molar-refractivity contribution is 0.388. The highest BCUT2D eigenvalue weighted by molar-refractivity contribution is 7.88. The second kappa shape index (κ2) is 6.94. The van der Waals surface area contributed by atoms with Gasteiger partial charge in [0.15, 0.2) is 5.76 Å². The third-order valence-electron chi connectivity index (χ3n) is 3.42. The van der Waals surface area contributed by atoms with E-state index in [1.54, 1.807) is 31.3 Å². The summed E-state index contributed by atoms with van der Waals surface area (Å²) >= 11 is 0. The number of hydrogen-bond acceptors (Lipinski definition) is 5. The first-order valence-electron chi connectivity index (χ1n) is 7.41. The summed E-state index contributed by atoms with van der Waals surface area (Å²) in [5, 5.41) is 3.72. The SMILES string of the molecule is Cc1cc(CS(=O)(=O)NC(c2ccccc2)c2ccccn2)on1. The molecule has 2 heterocycles. The smallest absolute Gasteiger partial charge is 0.219 e. The van der Waals surface area contributed by atoms with Crippen LogP contribution in [0.4, 0.5) is 0 Å². The molecule has 6 nitrogen and oxygen atoms in total. The van der Waals surface area contributed by atoms with Gasteiger partial charge in [0.25, 0.3) is 0 Å². The van der Waals surface area contributed by atoms with Crippen molar-refractivity contribution in [3.8, 4) is 0 Å². The molecular formula is C17H17N3O3S. The van der Waals surface area contributed by atoms with Crippen LogP contribution in [0.25, 0.3) is 0 Å². The Kier molecular flexibility index (Phi) is 4.73. The fourth-order valence-corrected chi connectivity index (χ4v) is 3.59. The maximum Gasteiger partial charge on any atom is 0.219 e. The van der Waals surface area contributed by atoms with E-state index in [9.17, 15) is 8.42 Å². The number of hydrogen-bond donors (Lipinski definition) is 1. The summed E-state index contributed by atoms with van der Waals surface area (Å²) in [7, 11) is -3.64. The lowest BCUT2D eigenvalue weighted by Gasteiger charge is -2.18. The minimum atomic E-state index is -3.64. The number of pyridine rings is 1. The lowest BCUT2D eigenvalue weighted by Crippen LogP contribution is -2.31. The van der Waals surface area contributed by atoms with Crippen molar-refractivity contribution in [3.63, 3.8) is 0 Å². The standard InChI is InChI=1S/C17H17N3O3S/c1-13-11-15(23-19-13)12-24(21,22)20-17(14-7-3-2-4-8-14)16-9-5-6-10-18-16/h2-11,17,20H,12H2,1H3. The molecule has 1 N–H and O–H groups in total. The number of sulfonamides is 1. The number of aryl methyl sites for hydroxylation is 1. The van der Waals surface area contributed by atoms with Crippen LogP contribution < -0.4 is 4.72 Å². The summed E-state index contributed by atoms with van der Waals surface area (Å²) in [5.74, 6) is 0.0251. The summed E-state index contributed by atoms with van der Waals surface area (Å²) in [6.07, 6.45) is 1.64. The summed E-state index contributed by atoms with van der Waals surface area (Å²) < 4.78 is 32.8. The van der Waals surface area contributed by atoms with Crippen molar-refractivity contribution in [1.82, 2.24) is 14.9 Å². The number of benzene rings is 1. The molecule has 0 bridgehead atoms. The van der Waals surface area contributed by atoms with Crippen molar-refractivity contribution in [2.45, 2.75) is 18.7 Å². The Balaban J connectivity index is 1.89. The molecule has 3 rings (SSSR count). The van der Waals surface area contributed by atoms with Gasteiger partial charge in [0.1, 0.15) is 5.75 Å². The summed E-state index contributed by atoms with van der Waals surface area (Å²) in [6.45, 7) is 1.74. The second-order valence-electron chi connectivity index (χ2n) is 5.41. The largest absolute Gasteiger partial charge is 0.360 e. The highest BCUT2D eigenvalue weighted by Crippen LogP contribution is 2.22. The van der Waals surface area contributed by atoms with E-state index in [0.29, 0.717) is 17.1 Å². The summed E-state index contributed by atoms with van der Waals surface area (Å²) in [4.78, 5) is 4.29. The third-order valence-corrected chi connectivity index (χ3v) is 4.68. The van der Waals surface area contributed by atoms with Gasteiger partial charge in [-0.3, -0.25) is 4.98 Å². The van der Waals surface area contributed by atoms with E-state index in [0.717, 1.165) is 5.56 Å². The molecule has 0 aliphatic heterocycles. The van der Waals surface area contributed by atoms with Crippen LogP contribution in [0.5, 0.6) is 0 Å². The molecule has 0 fully saturated rings. The molecule has 0 aliphatic rings. The average Bonchev–Trinajstić information content (AvgIpc) is 2.98. The van der Waals surface area contributed by atoms with Gasteiger partial charge in [0, 0.05) is 12.3 Å². The van der Waals surface area contributed by atoms with Crippen LogP contribution in [0.3, 0.4) is 0 Å². The number of rotatable bonds is 6. The Morgan fingerprint density at radius 2 is 1.88 bits per heavy atom. The zero-order valence-corrected chi connectivity index (χ0v) is 13.9. The van der Waals surface area contributed by atoms with Crippen LogP contribution in [-0.4, -0.2) is 18.6 Å². The third kappa shape index (κ3) is 4.06. The topological polar surface area (TPSA) is 85.1 Å². The van der Waals surface area contributed by atoms with E-state index in [1.807, 2.05) is 36.4 Å². The highest BCUT2D eigenvalue weighted by Gasteiger charge is 2.23. The molecule has 0 radical (unpaired) electrons. The maximum atomic E-state index is 12.5. The van der Waals surface area contributed by atoms with Crippen molar-refractivity contribution >= 4 is 10.0 Å². The molecule has 24 heavy (non-hydrogen) atoms. The molecule has 1 atom stereocenters. The van der Waals surface area contributed by atoms with Crippen LogP contribution in [0, 0.1) is 6.92 Å². The lowest BCUT2D eigenvalue weighted by atomic mass is 10.0. The van der Waals surface area contributed by atoms with Crippen LogP contribution in [0.2, 0.25) is 0 Å². The van der Waals surface area contributed by atoms with Crippen molar-refractivity contribution < 1.29 is 12.9 Å². The van der Waals surface area contributed by atoms with E-state index in [-0.39, 0.29) is 5.75 Å². The molecule has 1 unspecified atom stereocenters. The number of nitrogens with one attached hydrogen (secondary N) is 1. The molecule has 0 saturated carbocycles. The van der Waals surface area contributed by atoms with Crippen molar-refractivity contribution in [2.24, 2.45) is 0 Å². The van der Waals surface area contributed by atoms with E-state index >= 15 is 0 Å². The molecular weight excluding hydrogens is 326 g/mol. The van der Waals surface area contributed by atoms with E-state index in [2.05, 4.69) is 14.9 Å². The molecule has 0 spiro atoms. The minimum absolute atomic E-state index is 0.274. The van der Waals surface area contributed by atoms with Gasteiger partial charge in [-0.05, 0) is 24.6 Å². The molecule has 0 aliphatic carbocycles. The predicted octanol–water partition coefficient (Wildman–Crippen LogP) is 2.59. The molecule has 0 amide bonds. The van der Waals surface area contributed by atoms with Crippen molar-refractivity contribution in [1.29, 1.82) is 0 Å². The van der Waals surface area contributed by atoms with E-state index in [4.69, 9.17) is 4.52 Å². The minimum Gasteiger partial charge on any atom is -0.360 e. The number of nitrogens with zero attached hydrogens (tertiary/aromatic N) is 2. The Labute approximate surface area is 140 Å².